The highest BCUT2D eigenvalue weighted by molar-refractivity contribution is 7.89. The third-order valence-electron chi connectivity index (χ3n) is 3.17. The van der Waals surface area contributed by atoms with Gasteiger partial charge in [0.2, 0.25) is 10.0 Å². The average molecular weight is 346 g/mol. The molecule has 0 aliphatic carbocycles. The number of ether oxygens (including phenoxy) is 1. The molecular formula is C15H14N4O4S. The molecule has 1 atom stereocenters. The summed E-state index contributed by atoms with van der Waals surface area (Å²) in [7, 11) is -3.81. The number of aromatic nitrogens is 2. The van der Waals surface area contributed by atoms with Crippen LogP contribution in [-0.2, 0) is 19.6 Å². The van der Waals surface area contributed by atoms with E-state index in [0.29, 0.717) is 11.1 Å². The molecule has 1 heterocycles. The molecule has 0 bridgehead atoms. The van der Waals surface area contributed by atoms with E-state index in [2.05, 4.69) is 10.2 Å². The second kappa shape index (κ2) is 7.16. The Kier molecular flexibility index (Phi) is 5.23. The van der Waals surface area contributed by atoms with Crippen LogP contribution in [0.1, 0.15) is 18.5 Å². The molecule has 0 spiro atoms. The first-order valence-corrected chi connectivity index (χ1v) is 8.44. The van der Waals surface area contributed by atoms with E-state index in [-0.39, 0.29) is 17.2 Å². The molecule has 2 aromatic rings. The predicted molar refractivity (Wildman–Crippen MR) is 83.8 cm³/mol. The van der Waals surface area contributed by atoms with E-state index in [0.717, 1.165) is 0 Å². The number of rotatable bonds is 5. The zero-order valence-electron chi connectivity index (χ0n) is 12.7. The average Bonchev–Trinajstić information content (AvgIpc) is 2.56. The van der Waals surface area contributed by atoms with Gasteiger partial charge in [0.1, 0.15) is 0 Å². The zero-order chi connectivity index (χ0) is 17.7. The van der Waals surface area contributed by atoms with Crippen molar-refractivity contribution in [1.29, 1.82) is 5.26 Å². The Balaban J connectivity index is 2.49. The van der Waals surface area contributed by atoms with E-state index in [4.69, 9.17) is 9.88 Å². The molecule has 2 N–H and O–H groups in total. The molecule has 2 rings (SSSR count). The van der Waals surface area contributed by atoms with Crippen LogP contribution < -0.4 is 5.14 Å². The van der Waals surface area contributed by atoms with Crippen LogP contribution in [0.3, 0.4) is 0 Å². The summed E-state index contributed by atoms with van der Waals surface area (Å²) in [6, 6.07) is 9.13. The minimum Gasteiger partial charge on any atom is -0.465 e. The molecule has 0 aliphatic heterocycles. The Morgan fingerprint density at radius 2 is 2.00 bits per heavy atom. The van der Waals surface area contributed by atoms with Crippen molar-refractivity contribution in [2.45, 2.75) is 17.7 Å². The molecule has 1 aromatic heterocycles. The second-order valence-electron chi connectivity index (χ2n) is 4.71. The largest absolute Gasteiger partial charge is 0.465 e. The van der Waals surface area contributed by atoms with Gasteiger partial charge in [-0.15, -0.1) is 0 Å². The van der Waals surface area contributed by atoms with Gasteiger partial charge in [-0.3, -0.25) is 4.79 Å². The number of nitrogens with zero attached hydrogens (tertiary/aromatic N) is 3. The van der Waals surface area contributed by atoms with Crippen LogP contribution in [-0.4, -0.2) is 31.2 Å². The van der Waals surface area contributed by atoms with Crippen LogP contribution in [0.25, 0.3) is 11.1 Å². The summed E-state index contributed by atoms with van der Waals surface area (Å²) >= 11 is 0. The molecule has 124 valence electrons. The van der Waals surface area contributed by atoms with Gasteiger partial charge in [0.15, 0.2) is 5.92 Å². The summed E-state index contributed by atoms with van der Waals surface area (Å²) in [4.78, 5) is 11.9. The van der Waals surface area contributed by atoms with Crippen molar-refractivity contribution in [3.63, 3.8) is 0 Å². The number of nitrogens with two attached hydrogens (primary N) is 1. The number of sulfonamides is 1. The lowest BCUT2D eigenvalue weighted by atomic mass is 9.97. The Labute approximate surface area is 138 Å². The van der Waals surface area contributed by atoms with Gasteiger partial charge in [-0.25, -0.2) is 13.6 Å². The number of hydrogen-bond acceptors (Lipinski definition) is 7. The van der Waals surface area contributed by atoms with Crippen LogP contribution >= 0.6 is 0 Å². The number of hydrogen-bond donors (Lipinski definition) is 1. The van der Waals surface area contributed by atoms with Gasteiger partial charge in [0.25, 0.3) is 0 Å². The van der Waals surface area contributed by atoms with E-state index in [9.17, 15) is 18.5 Å². The van der Waals surface area contributed by atoms with Crippen molar-refractivity contribution in [3.8, 4) is 17.2 Å². The van der Waals surface area contributed by atoms with Crippen molar-refractivity contribution in [1.82, 2.24) is 10.2 Å². The van der Waals surface area contributed by atoms with Crippen LogP contribution in [0.15, 0.2) is 41.4 Å². The molecule has 24 heavy (non-hydrogen) atoms. The number of benzene rings is 1. The van der Waals surface area contributed by atoms with Gasteiger partial charge in [0, 0.05) is 5.56 Å². The minimum absolute atomic E-state index is 0.0444. The van der Waals surface area contributed by atoms with Crippen molar-refractivity contribution >= 4 is 16.0 Å². The summed E-state index contributed by atoms with van der Waals surface area (Å²) in [5.41, 5.74) is 1.18. The van der Waals surface area contributed by atoms with Gasteiger partial charge in [-0.1, -0.05) is 12.1 Å². The molecule has 0 aliphatic rings. The molecule has 8 nitrogen and oxygen atoms in total. The normalized spacial score (nSPS) is 12.2. The van der Waals surface area contributed by atoms with Crippen LogP contribution in [0.2, 0.25) is 0 Å². The Bertz CT molecular complexity index is 888. The van der Waals surface area contributed by atoms with Gasteiger partial charge in [-0.05, 0) is 30.7 Å². The summed E-state index contributed by atoms with van der Waals surface area (Å²) in [5, 5.41) is 21.9. The zero-order valence-corrected chi connectivity index (χ0v) is 13.5. The second-order valence-corrected chi connectivity index (χ2v) is 6.28. The van der Waals surface area contributed by atoms with E-state index in [1.165, 1.54) is 30.5 Å². The maximum absolute atomic E-state index is 11.9. The van der Waals surface area contributed by atoms with Gasteiger partial charge < -0.3 is 4.74 Å². The molecule has 0 radical (unpaired) electrons. The summed E-state index contributed by atoms with van der Waals surface area (Å²) < 4.78 is 27.5. The van der Waals surface area contributed by atoms with Gasteiger partial charge >= 0.3 is 5.97 Å². The lowest BCUT2D eigenvalue weighted by molar-refractivity contribution is -0.143. The molecule has 0 amide bonds. The first-order valence-electron chi connectivity index (χ1n) is 6.89. The number of primary sulfonamides is 1. The smallest absolute Gasteiger partial charge is 0.329 e. The quantitative estimate of drug-likeness (QED) is 0.796. The number of esters is 1. The first kappa shape index (κ1) is 17.5. The highest BCUT2D eigenvalue weighted by atomic mass is 32.2. The summed E-state index contributed by atoms with van der Waals surface area (Å²) in [6.07, 6.45) is 1.41. The van der Waals surface area contributed by atoms with Crippen LogP contribution in [0, 0.1) is 11.3 Å². The molecular weight excluding hydrogens is 332 g/mol. The lowest BCUT2D eigenvalue weighted by Crippen LogP contribution is -2.17. The van der Waals surface area contributed by atoms with Crippen molar-refractivity contribution in [2.75, 3.05) is 6.61 Å². The number of nitriles is 1. The Morgan fingerprint density at radius 1 is 1.33 bits per heavy atom. The summed E-state index contributed by atoms with van der Waals surface area (Å²) in [5.74, 6) is -1.95. The highest BCUT2D eigenvalue weighted by Crippen LogP contribution is 2.28. The maximum Gasteiger partial charge on any atom is 0.329 e. The molecule has 1 aromatic carbocycles. The van der Waals surface area contributed by atoms with E-state index < -0.39 is 21.9 Å². The van der Waals surface area contributed by atoms with E-state index >= 15 is 0 Å². The third-order valence-corrected chi connectivity index (χ3v) is 4.10. The Hall–Kier alpha value is -2.83. The van der Waals surface area contributed by atoms with Crippen LogP contribution in [0.4, 0.5) is 0 Å². The monoisotopic (exact) mass is 346 g/mol. The summed E-state index contributed by atoms with van der Waals surface area (Å²) in [6.45, 7) is 1.77. The van der Waals surface area contributed by atoms with E-state index in [1.807, 2.05) is 6.07 Å². The Morgan fingerprint density at radius 3 is 2.54 bits per heavy atom. The van der Waals surface area contributed by atoms with Crippen molar-refractivity contribution in [3.05, 3.63) is 42.2 Å². The molecule has 0 saturated carbocycles. The van der Waals surface area contributed by atoms with E-state index in [1.54, 1.807) is 13.0 Å². The molecule has 0 fully saturated rings. The fourth-order valence-corrected chi connectivity index (χ4v) is 2.59. The van der Waals surface area contributed by atoms with Crippen LogP contribution in [0.5, 0.6) is 0 Å². The number of carbonyl (C=O) groups excluding carboxylic acids is 1. The fourth-order valence-electron chi connectivity index (χ4n) is 2.08. The minimum atomic E-state index is -3.81. The first-order chi connectivity index (χ1) is 11.4. The van der Waals surface area contributed by atoms with Crippen molar-refractivity contribution < 1.29 is 17.9 Å². The highest BCUT2D eigenvalue weighted by Gasteiger charge is 2.27. The molecule has 0 saturated heterocycles. The van der Waals surface area contributed by atoms with Gasteiger partial charge in [0.05, 0.1) is 29.5 Å². The maximum atomic E-state index is 11.9. The molecule has 9 heteroatoms. The SMILES string of the molecule is CCOC(=O)C(C#N)c1nnccc1-c1ccc(S(N)(=O)=O)cc1. The predicted octanol–water partition coefficient (Wildman–Crippen LogP) is 0.961. The third kappa shape index (κ3) is 3.73. The van der Waals surface area contributed by atoms with Gasteiger partial charge in [-0.2, -0.15) is 15.5 Å². The topological polar surface area (TPSA) is 136 Å². The standard InChI is InChI=1S/C15H14N4O4S/c1-2-23-15(20)13(9-16)14-12(7-8-18-19-14)10-3-5-11(6-4-10)24(17,21)22/h3-8,13H,2H2,1H3,(H2,17,21,22). The lowest BCUT2D eigenvalue weighted by Gasteiger charge is -2.12. The fraction of sp³-hybridized carbons (Fsp3) is 0.200. The molecule has 1 unspecified atom stereocenters. The number of carbonyl (C=O) groups is 1. The van der Waals surface area contributed by atoms with Crippen molar-refractivity contribution in [2.24, 2.45) is 5.14 Å².